The first kappa shape index (κ1) is 63.7. The molecule has 74 heavy (non-hydrogen) atoms. The summed E-state index contributed by atoms with van der Waals surface area (Å²) in [6.07, 6.45) is 6.14. The fraction of sp³-hybridized carbons (Fsp3) is 0.440. The second-order valence-electron chi connectivity index (χ2n) is 17.5. The van der Waals surface area contributed by atoms with E-state index in [0.29, 0.717) is 71.1 Å². The van der Waals surface area contributed by atoms with Crippen molar-refractivity contribution in [1.29, 1.82) is 0 Å². The van der Waals surface area contributed by atoms with Gasteiger partial charge in [-0.2, -0.15) is 0 Å². The number of hydrogen-bond donors (Lipinski definition) is 2. The van der Waals surface area contributed by atoms with Crippen molar-refractivity contribution in [3.05, 3.63) is 119 Å². The summed E-state index contributed by atoms with van der Waals surface area (Å²) in [4.78, 5) is 52.4. The maximum Gasteiger partial charge on any atom is 2.00 e. The van der Waals surface area contributed by atoms with Gasteiger partial charge in [-0.25, -0.2) is 36.2 Å². The second-order valence-corrected chi connectivity index (χ2v) is 21.4. The Kier molecular flexibility index (Phi) is 28.2. The van der Waals surface area contributed by atoms with Gasteiger partial charge in [0.15, 0.2) is 0 Å². The van der Waals surface area contributed by atoms with Crippen LogP contribution in [0.25, 0.3) is 0 Å². The number of nitrogens with zero attached hydrogens (tertiary/aromatic N) is 2. The molecule has 0 heterocycles. The van der Waals surface area contributed by atoms with Crippen LogP contribution >= 0.6 is 23.2 Å². The smallest absolute Gasteiger partial charge is 0.748 e. The summed E-state index contributed by atoms with van der Waals surface area (Å²) >= 11 is 12.0. The van der Waals surface area contributed by atoms with Crippen LogP contribution < -0.4 is 20.4 Å². The predicted octanol–water partition coefficient (Wildman–Crippen LogP) is 6.99. The molecule has 4 N–H and O–H groups in total. The van der Waals surface area contributed by atoms with Gasteiger partial charge in [-0.05, 0) is 148 Å². The van der Waals surface area contributed by atoms with Gasteiger partial charge < -0.3 is 44.2 Å². The van der Waals surface area contributed by atoms with Crippen molar-refractivity contribution in [2.75, 3.05) is 74.0 Å². The van der Waals surface area contributed by atoms with Crippen LogP contribution in [0, 0.1) is 23.7 Å². The summed E-state index contributed by atoms with van der Waals surface area (Å²) in [5.41, 5.74) is 2.72. The monoisotopic (exact) mass is 1120 g/mol. The Balaban J connectivity index is 0.000000380. The number of nitrogens with one attached hydrogen (secondary N) is 2. The van der Waals surface area contributed by atoms with E-state index in [1.165, 1.54) is 9.80 Å². The van der Waals surface area contributed by atoms with Crippen LogP contribution in [0.2, 0.25) is 10.0 Å². The van der Waals surface area contributed by atoms with Crippen molar-refractivity contribution in [2.24, 2.45) is 23.7 Å². The molecule has 2 aliphatic rings. The van der Waals surface area contributed by atoms with Crippen molar-refractivity contribution in [1.82, 2.24) is 10.6 Å². The van der Waals surface area contributed by atoms with E-state index in [1.54, 1.807) is 48.5 Å². The number of hydrogen-bond acceptors (Lipinski definition) is 14. The Bertz CT molecular complexity index is 2370. The van der Waals surface area contributed by atoms with Crippen LogP contribution in [0.3, 0.4) is 0 Å². The number of carbonyl (C=O) groups excluding carboxylic acids is 4. The molecule has 4 aromatic rings. The SMILES string of the molecule is O.O=C(COC[C@H]1CC[C@H](COC(=O)N(c2ccccc2)c2ccc(Cl)cc2)CC1)NCCS(=O)(=O)[O-].O=C(COC[C@H]1CC[C@H](COC(=O)N(c2ccccc2)c2ccc(Cl)cc2)CC1)NCCS(=O)(=O)[O-].[Mg+2]. The normalized spacial score (nSPS) is 17.4. The van der Waals surface area contributed by atoms with E-state index in [-0.39, 0.29) is 66.7 Å². The van der Waals surface area contributed by atoms with Crippen molar-refractivity contribution < 1.29 is 69.5 Å². The molecule has 19 nitrogen and oxygen atoms in total. The minimum absolute atomic E-state index is 0. The van der Waals surface area contributed by atoms with Crippen molar-refractivity contribution in [3.8, 4) is 0 Å². The van der Waals surface area contributed by atoms with Crippen LogP contribution in [0.1, 0.15) is 51.4 Å². The Labute approximate surface area is 458 Å². The van der Waals surface area contributed by atoms with E-state index in [9.17, 15) is 45.1 Å². The quantitative estimate of drug-likeness (QED) is 0.0593. The number of rotatable bonds is 22. The molecule has 0 saturated heterocycles. The zero-order valence-electron chi connectivity index (χ0n) is 40.8. The Hall–Kier alpha value is -4.59. The molecule has 0 spiro atoms. The molecule has 6 rings (SSSR count). The number of carbonyl (C=O) groups is 4. The molecule has 2 fully saturated rings. The van der Waals surface area contributed by atoms with E-state index >= 15 is 0 Å². The fourth-order valence-electron chi connectivity index (χ4n) is 8.06. The van der Waals surface area contributed by atoms with Gasteiger partial charge >= 0.3 is 35.2 Å². The number of amides is 4. The largest absolute Gasteiger partial charge is 2.00 e. The van der Waals surface area contributed by atoms with E-state index in [1.807, 2.05) is 60.7 Å². The number of halogens is 2. The average molecular weight is 1120 g/mol. The predicted molar refractivity (Wildman–Crippen MR) is 280 cm³/mol. The van der Waals surface area contributed by atoms with Crippen molar-refractivity contribution >= 4 is 113 Å². The summed E-state index contributed by atoms with van der Waals surface area (Å²) < 4.78 is 85.6. The molecule has 0 aromatic heterocycles. The summed E-state index contributed by atoms with van der Waals surface area (Å²) in [5.74, 6) is -1.13. The fourth-order valence-corrected chi connectivity index (χ4v) is 9.02. The molecule has 400 valence electrons. The summed E-state index contributed by atoms with van der Waals surface area (Å²) in [6, 6.07) is 32.5. The maximum absolute atomic E-state index is 13.0. The van der Waals surface area contributed by atoms with Crippen molar-refractivity contribution in [3.63, 3.8) is 0 Å². The van der Waals surface area contributed by atoms with E-state index in [2.05, 4.69) is 10.6 Å². The van der Waals surface area contributed by atoms with Gasteiger partial charge in [0.05, 0.1) is 80.9 Å². The molecule has 2 saturated carbocycles. The van der Waals surface area contributed by atoms with E-state index < -0.39 is 55.7 Å². The third-order valence-electron chi connectivity index (χ3n) is 11.9. The van der Waals surface area contributed by atoms with E-state index in [0.717, 1.165) is 51.4 Å². The van der Waals surface area contributed by atoms with Gasteiger partial charge in [-0.3, -0.25) is 9.59 Å². The van der Waals surface area contributed by atoms with Gasteiger partial charge in [0.2, 0.25) is 11.8 Å². The van der Waals surface area contributed by atoms with Gasteiger partial charge in [0.25, 0.3) is 0 Å². The first-order valence-electron chi connectivity index (χ1n) is 23.5. The molecule has 2 aliphatic carbocycles. The Morgan fingerprint density at radius 1 is 0.486 bits per heavy atom. The minimum Gasteiger partial charge on any atom is -0.748 e. The minimum atomic E-state index is -4.35. The first-order valence-corrected chi connectivity index (χ1v) is 27.4. The summed E-state index contributed by atoms with van der Waals surface area (Å²) in [7, 11) is -8.70. The molecular weight excluding hydrogens is 1060 g/mol. The molecule has 4 aromatic carbocycles. The molecule has 0 atom stereocenters. The number of ether oxygens (including phenoxy) is 4. The van der Waals surface area contributed by atoms with Crippen LogP contribution in [-0.2, 0) is 48.8 Å². The third kappa shape index (κ3) is 23.9. The van der Waals surface area contributed by atoms with E-state index in [4.69, 9.17) is 42.1 Å². The molecule has 0 radical (unpaired) electrons. The summed E-state index contributed by atoms with van der Waals surface area (Å²) in [6.45, 7) is 0.640. The van der Waals surface area contributed by atoms with Crippen LogP contribution in [0.5, 0.6) is 0 Å². The number of anilines is 4. The number of para-hydroxylation sites is 2. The zero-order chi connectivity index (χ0) is 51.9. The molecule has 0 aliphatic heterocycles. The average Bonchev–Trinajstić information content (AvgIpc) is 3.35. The molecule has 0 unspecified atom stereocenters. The Morgan fingerprint density at radius 2 is 0.770 bits per heavy atom. The maximum atomic E-state index is 13.0. The number of benzene rings is 4. The summed E-state index contributed by atoms with van der Waals surface area (Å²) in [5, 5.41) is 5.85. The molecule has 0 bridgehead atoms. The molecule has 4 amide bonds. The first-order chi connectivity index (χ1) is 34.4. The topological polar surface area (TPSA) is 282 Å². The van der Waals surface area contributed by atoms with Gasteiger partial charge in [0, 0.05) is 23.1 Å². The van der Waals surface area contributed by atoms with Crippen LogP contribution in [0.4, 0.5) is 32.3 Å². The van der Waals surface area contributed by atoms with Crippen LogP contribution in [-0.4, -0.2) is 143 Å². The van der Waals surface area contributed by atoms with Gasteiger partial charge in [-0.15, -0.1) is 0 Å². The van der Waals surface area contributed by atoms with Crippen LogP contribution in [0.15, 0.2) is 109 Å². The van der Waals surface area contributed by atoms with Crippen molar-refractivity contribution in [2.45, 2.75) is 51.4 Å². The van der Waals surface area contributed by atoms with Gasteiger partial charge in [-0.1, -0.05) is 59.6 Å². The Morgan fingerprint density at radius 3 is 1.07 bits per heavy atom. The molecule has 24 heteroatoms. The third-order valence-corrected chi connectivity index (χ3v) is 13.8. The standard InChI is InChI=1S/2C25H31ClN2O7S.Mg.H2O/c2*26-21-10-12-23(13-11-21)28(22-4-2-1-3-5-22)25(30)35-17-20-8-6-19(7-9-20)16-34-18-24(29)27-14-15-36(31,32)33;;/h2*1-5,10-13,19-20H,6-9,14-18H2,(H,27,29)(H,31,32,33);;1H2/q;;+2;/p-2/t2*19-,20-;;. The van der Waals surface area contributed by atoms with Gasteiger partial charge in [0.1, 0.15) is 13.2 Å². The second kappa shape index (κ2) is 32.8. The molecular formula is C50H62Cl2MgN4O15S2. The zero-order valence-corrected chi connectivity index (χ0v) is 45.4.